The molecule has 0 saturated carbocycles. The number of nitrogens with zero attached hydrogens (tertiary/aromatic N) is 4. The molecule has 6 heteroatoms. The second-order valence-corrected chi connectivity index (χ2v) is 8.85. The van der Waals surface area contributed by atoms with Crippen LogP contribution in [-0.4, -0.2) is 70.9 Å². The molecule has 0 aromatic carbocycles. The number of carbonyl (C=O) groups is 1. The van der Waals surface area contributed by atoms with Crippen LogP contribution in [0.3, 0.4) is 0 Å². The molecule has 2 fully saturated rings. The molecule has 0 spiro atoms. The van der Waals surface area contributed by atoms with Gasteiger partial charge in [0.15, 0.2) is 0 Å². The Morgan fingerprint density at radius 1 is 1.15 bits per heavy atom. The summed E-state index contributed by atoms with van der Waals surface area (Å²) in [6.07, 6.45) is 5.40. The van der Waals surface area contributed by atoms with E-state index in [-0.39, 0.29) is 5.41 Å². The van der Waals surface area contributed by atoms with E-state index in [2.05, 4.69) is 47.4 Å². The van der Waals surface area contributed by atoms with E-state index in [0.29, 0.717) is 18.5 Å². The minimum atomic E-state index is -0.00407. The van der Waals surface area contributed by atoms with Crippen LogP contribution in [0.1, 0.15) is 58.6 Å². The van der Waals surface area contributed by atoms with Crippen molar-refractivity contribution in [3.63, 3.8) is 0 Å². The van der Waals surface area contributed by atoms with E-state index in [9.17, 15) is 4.79 Å². The third-order valence-corrected chi connectivity index (χ3v) is 5.60. The van der Waals surface area contributed by atoms with Gasteiger partial charge in [0.05, 0.1) is 19.3 Å². The molecular weight excluding hydrogens is 328 g/mol. The fourth-order valence-electron chi connectivity index (χ4n) is 3.78. The van der Waals surface area contributed by atoms with Crippen molar-refractivity contribution in [1.29, 1.82) is 0 Å². The minimum absolute atomic E-state index is 0.00407. The van der Waals surface area contributed by atoms with Gasteiger partial charge in [0.25, 0.3) is 0 Å². The number of hydrogen-bond donors (Lipinski definition) is 0. The average Bonchev–Trinajstić information content (AvgIpc) is 3.06. The van der Waals surface area contributed by atoms with Crippen LogP contribution in [0.2, 0.25) is 0 Å². The Morgan fingerprint density at radius 3 is 2.46 bits per heavy atom. The molecule has 2 saturated heterocycles. The zero-order chi connectivity index (χ0) is 18.7. The molecule has 0 aliphatic carbocycles. The summed E-state index contributed by atoms with van der Waals surface area (Å²) in [6.45, 7) is 14.6. The quantitative estimate of drug-likeness (QED) is 0.824. The number of likely N-dealkylation sites (tertiary alicyclic amines) is 1. The van der Waals surface area contributed by atoms with Crippen molar-refractivity contribution >= 4 is 5.91 Å². The molecule has 2 aliphatic heterocycles. The lowest BCUT2D eigenvalue weighted by Crippen LogP contribution is -2.51. The number of piperidine rings is 1. The molecule has 6 nitrogen and oxygen atoms in total. The van der Waals surface area contributed by atoms with E-state index in [1.54, 1.807) is 0 Å². The Labute approximate surface area is 157 Å². The van der Waals surface area contributed by atoms with Gasteiger partial charge in [-0.1, -0.05) is 20.8 Å². The van der Waals surface area contributed by atoms with E-state index < -0.39 is 0 Å². The maximum atomic E-state index is 12.6. The first-order chi connectivity index (χ1) is 12.3. The van der Waals surface area contributed by atoms with Gasteiger partial charge in [-0.25, -0.2) is 4.98 Å². The number of hydrogen-bond acceptors (Lipinski definition) is 5. The van der Waals surface area contributed by atoms with Gasteiger partial charge in [0.2, 0.25) is 11.8 Å². The van der Waals surface area contributed by atoms with E-state index in [0.717, 1.165) is 63.8 Å². The van der Waals surface area contributed by atoms with Crippen molar-refractivity contribution in [3.05, 3.63) is 17.8 Å². The summed E-state index contributed by atoms with van der Waals surface area (Å²) in [5, 5.41) is 0. The molecule has 3 heterocycles. The number of oxazole rings is 1. The van der Waals surface area contributed by atoms with Crippen LogP contribution >= 0.6 is 0 Å². The van der Waals surface area contributed by atoms with E-state index in [1.165, 1.54) is 6.42 Å². The SMILES string of the molecule is C[C@@H]1CCCCN1C(=O)CN1CCN(Cc2ncc(C(C)(C)C)o2)CC1. The molecule has 0 unspecified atom stereocenters. The average molecular weight is 363 g/mol. The molecular formula is C20H34N4O2. The van der Waals surface area contributed by atoms with Gasteiger partial charge >= 0.3 is 0 Å². The van der Waals surface area contributed by atoms with E-state index >= 15 is 0 Å². The van der Waals surface area contributed by atoms with Crippen molar-refractivity contribution in [2.45, 2.75) is 65.0 Å². The van der Waals surface area contributed by atoms with Crippen molar-refractivity contribution in [1.82, 2.24) is 19.7 Å². The molecule has 146 valence electrons. The predicted octanol–water partition coefficient (Wildman–Crippen LogP) is 2.49. The predicted molar refractivity (Wildman–Crippen MR) is 102 cm³/mol. The fraction of sp³-hybridized carbons (Fsp3) is 0.800. The van der Waals surface area contributed by atoms with Gasteiger partial charge in [-0.3, -0.25) is 14.6 Å². The Morgan fingerprint density at radius 2 is 1.85 bits per heavy atom. The lowest BCUT2D eigenvalue weighted by atomic mass is 9.94. The number of carbonyl (C=O) groups excluding carboxylic acids is 1. The molecule has 0 radical (unpaired) electrons. The third kappa shape index (κ3) is 4.86. The third-order valence-electron chi connectivity index (χ3n) is 5.60. The summed E-state index contributed by atoms with van der Waals surface area (Å²) in [7, 11) is 0. The summed E-state index contributed by atoms with van der Waals surface area (Å²) in [5.41, 5.74) is -0.00407. The summed E-state index contributed by atoms with van der Waals surface area (Å²) in [4.78, 5) is 23.8. The lowest BCUT2D eigenvalue weighted by molar-refractivity contribution is -0.136. The molecule has 1 amide bonds. The van der Waals surface area contributed by atoms with E-state index in [1.807, 2.05) is 6.20 Å². The second-order valence-electron chi connectivity index (χ2n) is 8.85. The molecule has 1 atom stereocenters. The normalized spacial score (nSPS) is 23.4. The monoisotopic (exact) mass is 362 g/mol. The van der Waals surface area contributed by atoms with Crippen LogP contribution in [0.25, 0.3) is 0 Å². The van der Waals surface area contributed by atoms with Crippen LogP contribution < -0.4 is 0 Å². The van der Waals surface area contributed by atoms with Crippen molar-refractivity contribution in [3.8, 4) is 0 Å². The Bertz CT molecular complexity index is 599. The second kappa shape index (κ2) is 8.09. The van der Waals surface area contributed by atoms with Gasteiger partial charge in [0.1, 0.15) is 5.76 Å². The maximum absolute atomic E-state index is 12.6. The summed E-state index contributed by atoms with van der Waals surface area (Å²) in [5.74, 6) is 2.03. The molecule has 26 heavy (non-hydrogen) atoms. The van der Waals surface area contributed by atoms with Crippen LogP contribution in [0.15, 0.2) is 10.6 Å². The largest absolute Gasteiger partial charge is 0.444 e. The van der Waals surface area contributed by atoms with Gasteiger partial charge in [-0.2, -0.15) is 0 Å². The molecule has 1 aromatic heterocycles. The minimum Gasteiger partial charge on any atom is -0.444 e. The van der Waals surface area contributed by atoms with Crippen LogP contribution in [0.5, 0.6) is 0 Å². The Hall–Kier alpha value is -1.40. The van der Waals surface area contributed by atoms with Gasteiger partial charge in [-0.15, -0.1) is 0 Å². The Balaban J connectivity index is 1.44. The zero-order valence-corrected chi connectivity index (χ0v) is 16.8. The number of piperazine rings is 1. The highest BCUT2D eigenvalue weighted by molar-refractivity contribution is 5.78. The summed E-state index contributed by atoms with van der Waals surface area (Å²) >= 11 is 0. The number of aromatic nitrogens is 1. The highest BCUT2D eigenvalue weighted by atomic mass is 16.4. The van der Waals surface area contributed by atoms with Crippen LogP contribution in [0.4, 0.5) is 0 Å². The first kappa shape index (κ1) is 19.4. The molecule has 1 aromatic rings. The first-order valence-corrected chi connectivity index (χ1v) is 10.0. The molecule has 3 rings (SSSR count). The van der Waals surface area contributed by atoms with E-state index in [4.69, 9.17) is 4.42 Å². The fourth-order valence-corrected chi connectivity index (χ4v) is 3.78. The van der Waals surface area contributed by atoms with Crippen molar-refractivity contribution in [2.75, 3.05) is 39.3 Å². The number of amides is 1. The van der Waals surface area contributed by atoms with Gasteiger partial charge < -0.3 is 9.32 Å². The molecule has 0 bridgehead atoms. The zero-order valence-electron chi connectivity index (χ0n) is 16.8. The lowest BCUT2D eigenvalue weighted by Gasteiger charge is -2.37. The standard InChI is InChI=1S/C20H34N4O2/c1-16-7-5-6-8-24(16)19(25)15-23-11-9-22(10-12-23)14-18-21-13-17(26-18)20(2,3)4/h13,16H,5-12,14-15H2,1-4H3/t16-/m1/s1. The van der Waals surface area contributed by atoms with Crippen molar-refractivity contribution < 1.29 is 9.21 Å². The Kier molecular flexibility index (Phi) is 6.03. The van der Waals surface area contributed by atoms with Gasteiger partial charge in [-0.05, 0) is 26.2 Å². The maximum Gasteiger partial charge on any atom is 0.236 e. The summed E-state index contributed by atoms with van der Waals surface area (Å²) in [6, 6.07) is 0.402. The first-order valence-electron chi connectivity index (χ1n) is 10.0. The number of rotatable bonds is 4. The topological polar surface area (TPSA) is 52.8 Å². The van der Waals surface area contributed by atoms with Gasteiger partial charge in [0, 0.05) is 44.2 Å². The van der Waals surface area contributed by atoms with Crippen molar-refractivity contribution in [2.24, 2.45) is 0 Å². The highest BCUT2D eigenvalue weighted by Gasteiger charge is 2.27. The highest BCUT2D eigenvalue weighted by Crippen LogP contribution is 2.23. The molecule has 0 N–H and O–H groups in total. The van der Waals surface area contributed by atoms with Crippen LogP contribution in [-0.2, 0) is 16.8 Å². The van der Waals surface area contributed by atoms with Crippen LogP contribution in [0, 0.1) is 0 Å². The summed E-state index contributed by atoms with van der Waals surface area (Å²) < 4.78 is 5.91. The molecule has 2 aliphatic rings. The smallest absolute Gasteiger partial charge is 0.236 e.